The van der Waals surface area contributed by atoms with E-state index in [9.17, 15) is 18.3 Å². The lowest BCUT2D eigenvalue weighted by molar-refractivity contribution is -0.194. The largest absolute Gasteiger partial charge is 0.525 e. The summed E-state index contributed by atoms with van der Waals surface area (Å²) in [5.41, 5.74) is -3.15. The van der Waals surface area contributed by atoms with E-state index >= 15 is 4.39 Å². The molecule has 0 aromatic heterocycles. The van der Waals surface area contributed by atoms with Gasteiger partial charge in [0, 0.05) is 6.42 Å². The number of rotatable bonds is 1. The normalized spacial score (nSPS) is 26.3. The smallest absolute Gasteiger partial charge is 0.507 e. The Balaban J connectivity index is 2.09. The summed E-state index contributed by atoms with van der Waals surface area (Å²) in [5, 5.41) is 10.1. The van der Waals surface area contributed by atoms with Crippen LogP contribution < -0.4 is 4.74 Å². The Morgan fingerprint density at radius 3 is 2.27 bits per heavy atom. The number of alkyl halides is 3. The van der Waals surface area contributed by atoms with Gasteiger partial charge in [-0.05, 0) is 45.4 Å². The number of phenols is 1. The number of phenolic OH excluding ortho intramolecular Hbond substituents is 1. The van der Waals surface area contributed by atoms with Crippen molar-refractivity contribution in [3.63, 3.8) is 0 Å². The Morgan fingerprint density at radius 1 is 1.15 bits per heavy atom. The van der Waals surface area contributed by atoms with Gasteiger partial charge in [0.05, 0.1) is 16.8 Å². The van der Waals surface area contributed by atoms with Crippen LogP contribution in [0.4, 0.5) is 17.6 Å². The van der Waals surface area contributed by atoms with E-state index in [2.05, 4.69) is 0 Å². The minimum atomic E-state index is -4.69. The first-order valence-electron chi connectivity index (χ1n) is 8.13. The first-order chi connectivity index (χ1) is 11.8. The summed E-state index contributed by atoms with van der Waals surface area (Å²) < 4.78 is 70.9. The van der Waals surface area contributed by atoms with Crippen molar-refractivity contribution in [1.82, 2.24) is 0 Å². The second kappa shape index (κ2) is 5.89. The number of ether oxygens (including phenoxy) is 1. The topological polar surface area (TPSA) is 47.9 Å². The molecule has 0 radical (unpaired) electrons. The van der Waals surface area contributed by atoms with Crippen LogP contribution in [0.2, 0.25) is 0 Å². The number of hydrogen-bond donors (Lipinski definition) is 1. The van der Waals surface area contributed by atoms with E-state index in [1.165, 1.54) is 18.2 Å². The SMILES string of the molecule is CC1(C)OB(C(F)=C2CC(C(F)(F)F)Oc3cccc(O)c32)OC1(C)C. The molecular formula is C17H19BF4O4. The van der Waals surface area contributed by atoms with Gasteiger partial charge in [-0.1, -0.05) is 6.07 Å². The Labute approximate surface area is 148 Å². The molecule has 2 aliphatic rings. The molecule has 142 valence electrons. The number of fused-ring (bicyclic) bond motifs is 1. The predicted octanol–water partition coefficient (Wildman–Crippen LogP) is 4.42. The van der Waals surface area contributed by atoms with Gasteiger partial charge in [0.15, 0.2) is 6.10 Å². The molecule has 0 amide bonds. The highest BCUT2D eigenvalue weighted by Gasteiger charge is 2.55. The highest BCUT2D eigenvalue weighted by atomic mass is 19.4. The number of halogens is 4. The van der Waals surface area contributed by atoms with Crippen LogP contribution in [-0.2, 0) is 9.31 Å². The monoisotopic (exact) mass is 374 g/mol. The van der Waals surface area contributed by atoms with Gasteiger partial charge in [-0.15, -0.1) is 0 Å². The molecule has 9 heteroatoms. The van der Waals surface area contributed by atoms with Crippen LogP contribution >= 0.6 is 0 Å². The molecule has 1 aromatic carbocycles. The van der Waals surface area contributed by atoms with Gasteiger partial charge in [0.2, 0.25) is 0 Å². The van der Waals surface area contributed by atoms with Crippen LogP contribution in [0, 0.1) is 0 Å². The molecule has 26 heavy (non-hydrogen) atoms. The summed E-state index contributed by atoms with van der Waals surface area (Å²) in [6, 6.07) is 3.84. The van der Waals surface area contributed by atoms with E-state index in [0.717, 1.165) is 0 Å². The molecule has 2 aliphatic heterocycles. The molecule has 1 N–H and O–H groups in total. The predicted molar refractivity (Wildman–Crippen MR) is 87.3 cm³/mol. The lowest BCUT2D eigenvalue weighted by Gasteiger charge is -2.32. The van der Waals surface area contributed by atoms with Gasteiger partial charge in [0.25, 0.3) is 0 Å². The molecule has 1 fully saturated rings. The summed E-state index contributed by atoms with van der Waals surface area (Å²) in [4.78, 5) is 0. The average molecular weight is 374 g/mol. The lowest BCUT2D eigenvalue weighted by Crippen LogP contribution is -2.41. The van der Waals surface area contributed by atoms with Crippen molar-refractivity contribution in [3.8, 4) is 11.5 Å². The maximum Gasteiger partial charge on any atom is 0.525 e. The van der Waals surface area contributed by atoms with Crippen molar-refractivity contribution in [1.29, 1.82) is 0 Å². The summed E-state index contributed by atoms with van der Waals surface area (Å²) >= 11 is 0. The lowest BCUT2D eigenvalue weighted by atomic mass is 9.80. The number of hydrogen-bond acceptors (Lipinski definition) is 4. The molecule has 0 bridgehead atoms. The average Bonchev–Trinajstić information content (AvgIpc) is 2.73. The second-order valence-corrected chi connectivity index (χ2v) is 7.42. The fraction of sp³-hybridized carbons (Fsp3) is 0.529. The van der Waals surface area contributed by atoms with Crippen molar-refractivity contribution in [2.24, 2.45) is 0 Å². The molecule has 1 saturated heterocycles. The van der Waals surface area contributed by atoms with Gasteiger partial charge in [-0.3, -0.25) is 0 Å². The molecule has 4 nitrogen and oxygen atoms in total. The van der Waals surface area contributed by atoms with E-state index in [1.807, 2.05) is 0 Å². The standard InChI is InChI=1S/C17H19BF4O4/c1-15(2)16(3,4)26-18(25-15)14(19)9-8-12(17(20,21)22)24-11-7-5-6-10(23)13(9)11/h5-7,12,23H,8H2,1-4H3. The van der Waals surface area contributed by atoms with Crippen LogP contribution in [0.15, 0.2) is 23.9 Å². The third kappa shape index (κ3) is 3.07. The van der Waals surface area contributed by atoms with Crippen LogP contribution in [0.25, 0.3) is 5.57 Å². The molecule has 2 heterocycles. The van der Waals surface area contributed by atoms with E-state index in [4.69, 9.17) is 14.0 Å². The quantitative estimate of drug-likeness (QED) is 0.584. The van der Waals surface area contributed by atoms with Crippen molar-refractivity contribution in [3.05, 3.63) is 29.5 Å². The van der Waals surface area contributed by atoms with Crippen molar-refractivity contribution >= 4 is 12.7 Å². The van der Waals surface area contributed by atoms with Crippen LogP contribution in [0.3, 0.4) is 0 Å². The third-order valence-corrected chi connectivity index (χ3v) is 5.08. The molecule has 1 unspecified atom stereocenters. The zero-order valence-corrected chi connectivity index (χ0v) is 14.8. The Kier molecular flexibility index (Phi) is 4.31. The van der Waals surface area contributed by atoms with Crippen LogP contribution in [0.1, 0.15) is 39.7 Å². The number of aromatic hydroxyl groups is 1. The zero-order chi connectivity index (χ0) is 19.5. The van der Waals surface area contributed by atoms with Crippen LogP contribution in [0.5, 0.6) is 11.5 Å². The maximum absolute atomic E-state index is 15.2. The number of benzene rings is 1. The summed E-state index contributed by atoms with van der Waals surface area (Å²) in [6.07, 6.45) is -7.70. The minimum Gasteiger partial charge on any atom is -0.507 e. The first-order valence-corrected chi connectivity index (χ1v) is 8.13. The van der Waals surface area contributed by atoms with Crippen molar-refractivity contribution < 1.29 is 36.7 Å². The second-order valence-electron chi connectivity index (χ2n) is 7.42. The molecule has 1 aromatic rings. The molecular weight excluding hydrogens is 355 g/mol. The van der Waals surface area contributed by atoms with Crippen molar-refractivity contribution in [2.75, 3.05) is 0 Å². The van der Waals surface area contributed by atoms with Gasteiger partial charge >= 0.3 is 13.3 Å². The molecule has 0 spiro atoms. The van der Waals surface area contributed by atoms with Gasteiger partial charge < -0.3 is 19.2 Å². The molecule has 3 rings (SSSR count). The fourth-order valence-electron chi connectivity index (χ4n) is 2.89. The Morgan fingerprint density at radius 2 is 1.73 bits per heavy atom. The van der Waals surface area contributed by atoms with Crippen LogP contribution in [-0.4, -0.2) is 35.7 Å². The highest BCUT2D eigenvalue weighted by Crippen LogP contribution is 2.48. The molecule has 1 atom stereocenters. The summed E-state index contributed by atoms with van der Waals surface area (Å²) in [7, 11) is -1.46. The Hall–Kier alpha value is -1.74. The van der Waals surface area contributed by atoms with Crippen molar-refractivity contribution in [2.45, 2.75) is 57.6 Å². The van der Waals surface area contributed by atoms with Gasteiger partial charge in [-0.2, -0.15) is 13.2 Å². The third-order valence-electron chi connectivity index (χ3n) is 5.08. The van der Waals surface area contributed by atoms with Gasteiger partial charge in [-0.25, -0.2) is 4.39 Å². The molecule has 0 aliphatic carbocycles. The Bertz CT molecular complexity index is 742. The summed E-state index contributed by atoms with van der Waals surface area (Å²) in [5.74, 6) is -0.606. The maximum atomic E-state index is 15.2. The van der Waals surface area contributed by atoms with E-state index in [-0.39, 0.29) is 22.6 Å². The zero-order valence-electron chi connectivity index (χ0n) is 14.8. The highest BCUT2D eigenvalue weighted by molar-refractivity contribution is 6.55. The van der Waals surface area contributed by atoms with E-state index in [0.29, 0.717) is 0 Å². The van der Waals surface area contributed by atoms with E-state index in [1.54, 1.807) is 27.7 Å². The summed E-state index contributed by atoms with van der Waals surface area (Å²) in [6.45, 7) is 6.83. The molecule has 0 saturated carbocycles. The van der Waals surface area contributed by atoms with Gasteiger partial charge in [0.1, 0.15) is 17.2 Å². The minimum absolute atomic E-state index is 0.111. The van der Waals surface area contributed by atoms with E-state index < -0.39 is 42.7 Å². The first kappa shape index (κ1) is 19.0. The fourth-order valence-corrected chi connectivity index (χ4v) is 2.89.